The van der Waals surface area contributed by atoms with Crippen LogP contribution in [-0.2, 0) is 30.4 Å². The number of hydrogen-bond acceptors (Lipinski definition) is 3. The number of carbonyl (C=O) groups is 1. The van der Waals surface area contributed by atoms with E-state index in [2.05, 4.69) is 15.2 Å². The predicted octanol–water partition coefficient (Wildman–Crippen LogP) is 4.32. The summed E-state index contributed by atoms with van der Waals surface area (Å²) in [5, 5.41) is 6.00. The van der Waals surface area contributed by atoms with E-state index in [0.29, 0.717) is 25.0 Å². The number of ether oxygens (including phenoxy) is 1. The number of nitrogens with one attached hydrogen (secondary N) is 1. The normalized spacial score (nSPS) is 14.5. The van der Waals surface area contributed by atoms with Crippen molar-refractivity contribution in [1.29, 1.82) is 0 Å². The van der Waals surface area contributed by atoms with Crippen molar-refractivity contribution in [1.82, 2.24) is 9.78 Å². The summed E-state index contributed by atoms with van der Waals surface area (Å²) >= 11 is 0. The Morgan fingerprint density at radius 2 is 1.71 bits per heavy atom. The zero-order valence-corrected chi connectivity index (χ0v) is 14.3. The SMILES string of the molecule is O=C(Cn1nc(C(F)(F)F)c2c1CCCC2)Nc1ccc(OC(F)(F)F)cc1. The number of halogens is 6. The van der Waals surface area contributed by atoms with Crippen LogP contribution >= 0.6 is 0 Å². The van der Waals surface area contributed by atoms with E-state index in [1.165, 1.54) is 12.1 Å². The molecule has 0 atom stereocenters. The number of hydrogen-bond donors (Lipinski definition) is 1. The van der Waals surface area contributed by atoms with Crippen LogP contribution in [0.4, 0.5) is 32.0 Å². The van der Waals surface area contributed by atoms with E-state index in [1.54, 1.807) is 0 Å². The van der Waals surface area contributed by atoms with Gasteiger partial charge in [0, 0.05) is 16.9 Å². The Morgan fingerprint density at radius 3 is 2.32 bits per heavy atom. The minimum atomic E-state index is -4.83. The molecule has 1 aliphatic rings. The molecule has 11 heteroatoms. The van der Waals surface area contributed by atoms with Gasteiger partial charge in [-0.15, -0.1) is 13.2 Å². The molecule has 5 nitrogen and oxygen atoms in total. The van der Waals surface area contributed by atoms with Crippen LogP contribution in [0.2, 0.25) is 0 Å². The third kappa shape index (κ3) is 4.76. The average molecular weight is 407 g/mol. The molecule has 28 heavy (non-hydrogen) atoms. The first-order valence-corrected chi connectivity index (χ1v) is 8.34. The lowest BCUT2D eigenvalue weighted by atomic mass is 9.95. The molecule has 0 unspecified atom stereocenters. The van der Waals surface area contributed by atoms with Crippen molar-refractivity contribution in [2.45, 2.75) is 44.8 Å². The fourth-order valence-corrected chi connectivity index (χ4v) is 3.11. The molecular weight excluding hydrogens is 392 g/mol. The highest BCUT2D eigenvalue weighted by atomic mass is 19.4. The number of rotatable bonds is 4. The molecule has 1 aromatic heterocycles. The lowest BCUT2D eigenvalue weighted by Crippen LogP contribution is -2.22. The first kappa shape index (κ1) is 20.0. The maximum atomic E-state index is 13.2. The van der Waals surface area contributed by atoms with E-state index < -0.39 is 36.4 Å². The van der Waals surface area contributed by atoms with Crippen LogP contribution in [0, 0.1) is 0 Å². The molecule has 0 saturated carbocycles. The van der Waals surface area contributed by atoms with Gasteiger partial charge >= 0.3 is 12.5 Å². The largest absolute Gasteiger partial charge is 0.573 e. The summed E-state index contributed by atoms with van der Waals surface area (Å²) in [5.74, 6) is -1.10. The monoisotopic (exact) mass is 407 g/mol. The van der Waals surface area contributed by atoms with Crippen LogP contribution in [0.15, 0.2) is 24.3 Å². The van der Waals surface area contributed by atoms with Crippen molar-refractivity contribution < 1.29 is 35.9 Å². The summed E-state index contributed by atoms with van der Waals surface area (Å²) in [6, 6.07) is 4.42. The van der Waals surface area contributed by atoms with Crippen LogP contribution in [0.25, 0.3) is 0 Å². The third-order valence-electron chi connectivity index (χ3n) is 4.19. The van der Waals surface area contributed by atoms with Gasteiger partial charge in [-0.3, -0.25) is 9.48 Å². The Hall–Kier alpha value is -2.72. The molecule has 2 aromatic rings. The fourth-order valence-electron chi connectivity index (χ4n) is 3.11. The van der Waals surface area contributed by atoms with Crippen LogP contribution in [-0.4, -0.2) is 22.1 Å². The zero-order chi connectivity index (χ0) is 20.5. The predicted molar refractivity (Wildman–Crippen MR) is 85.6 cm³/mol. The van der Waals surface area contributed by atoms with Gasteiger partial charge in [0.2, 0.25) is 5.91 Å². The van der Waals surface area contributed by atoms with Crippen molar-refractivity contribution in [3.63, 3.8) is 0 Å². The standard InChI is InChI=1S/C17H15F6N3O2/c18-16(19,20)15-12-3-1-2-4-13(12)26(25-15)9-14(27)24-10-5-7-11(8-6-10)28-17(21,22)23/h5-8H,1-4,9H2,(H,24,27). The molecule has 0 aliphatic heterocycles. The maximum Gasteiger partial charge on any atom is 0.573 e. The van der Waals surface area contributed by atoms with Gasteiger partial charge in [0.1, 0.15) is 12.3 Å². The summed E-state index contributed by atoms with van der Waals surface area (Å²) in [6.45, 7) is -0.431. The molecule has 152 valence electrons. The number of benzene rings is 1. The van der Waals surface area contributed by atoms with Crippen molar-refractivity contribution in [2.75, 3.05) is 5.32 Å². The van der Waals surface area contributed by atoms with Crippen LogP contribution in [0.1, 0.15) is 29.8 Å². The van der Waals surface area contributed by atoms with E-state index in [4.69, 9.17) is 0 Å². The minimum absolute atomic E-state index is 0.125. The Bertz CT molecular complexity index is 856. The average Bonchev–Trinajstić information content (AvgIpc) is 2.94. The summed E-state index contributed by atoms with van der Waals surface area (Å²) in [7, 11) is 0. The van der Waals surface area contributed by atoms with Gasteiger partial charge in [-0.05, 0) is 49.9 Å². The van der Waals surface area contributed by atoms with E-state index in [9.17, 15) is 31.1 Å². The topological polar surface area (TPSA) is 56.2 Å². The third-order valence-corrected chi connectivity index (χ3v) is 4.19. The minimum Gasteiger partial charge on any atom is -0.406 e. The molecule has 1 heterocycles. The molecule has 3 rings (SSSR count). The number of nitrogens with zero attached hydrogens (tertiary/aromatic N) is 2. The first-order chi connectivity index (χ1) is 13.0. The van der Waals surface area contributed by atoms with Gasteiger partial charge in [0.05, 0.1) is 0 Å². The van der Waals surface area contributed by atoms with Gasteiger partial charge in [-0.25, -0.2) is 0 Å². The lowest BCUT2D eigenvalue weighted by Gasteiger charge is -2.14. The Kier molecular flexibility index (Phi) is 5.26. The second kappa shape index (κ2) is 7.36. The highest BCUT2D eigenvalue weighted by Crippen LogP contribution is 2.35. The second-order valence-corrected chi connectivity index (χ2v) is 6.26. The summed E-state index contributed by atoms with van der Waals surface area (Å²) in [6.07, 6.45) is -7.45. The van der Waals surface area contributed by atoms with Crippen LogP contribution < -0.4 is 10.1 Å². The number of anilines is 1. The second-order valence-electron chi connectivity index (χ2n) is 6.26. The van der Waals surface area contributed by atoms with E-state index in [0.717, 1.165) is 16.8 Å². The zero-order valence-electron chi connectivity index (χ0n) is 14.3. The van der Waals surface area contributed by atoms with E-state index in [-0.39, 0.29) is 17.7 Å². The van der Waals surface area contributed by atoms with Crippen LogP contribution in [0.5, 0.6) is 5.75 Å². The quantitative estimate of drug-likeness (QED) is 0.769. The number of alkyl halides is 6. The Morgan fingerprint density at radius 1 is 1.07 bits per heavy atom. The van der Waals surface area contributed by atoms with Crippen molar-refractivity contribution in [3.8, 4) is 5.75 Å². The van der Waals surface area contributed by atoms with Crippen molar-refractivity contribution >= 4 is 11.6 Å². The molecule has 0 radical (unpaired) electrons. The smallest absolute Gasteiger partial charge is 0.406 e. The molecular formula is C17H15F6N3O2. The van der Waals surface area contributed by atoms with E-state index in [1.807, 2.05) is 0 Å². The molecule has 0 saturated heterocycles. The fraction of sp³-hybridized carbons (Fsp3) is 0.412. The summed E-state index contributed by atoms with van der Waals surface area (Å²) in [5.41, 5.74) is -0.275. The molecule has 0 bridgehead atoms. The number of aromatic nitrogens is 2. The van der Waals surface area contributed by atoms with Crippen LogP contribution in [0.3, 0.4) is 0 Å². The van der Waals surface area contributed by atoms with Gasteiger partial charge in [-0.2, -0.15) is 18.3 Å². The molecule has 1 aliphatic carbocycles. The number of carbonyl (C=O) groups excluding carboxylic acids is 1. The number of fused-ring (bicyclic) bond motifs is 1. The highest BCUT2D eigenvalue weighted by Gasteiger charge is 2.39. The lowest BCUT2D eigenvalue weighted by molar-refractivity contribution is -0.274. The molecule has 1 N–H and O–H groups in total. The first-order valence-electron chi connectivity index (χ1n) is 8.34. The highest BCUT2D eigenvalue weighted by molar-refractivity contribution is 5.90. The van der Waals surface area contributed by atoms with Gasteiger partial charge in [0.15, 0.2) is 5.69 Å². The van der Waals surface area contributed by atoms with Gasteiger partial charge in [0.25, 0.3) is 0 Å². The van der Waals surface area contributed by atoms with Gasteiger partial charge in [-0.1, -0.05) is 0 Å². The summed E-state index contributed by atoms with van der Waals surface area (Å²) < 4.78 is 80.7. The Labute approximate surface area is 155 Å². The van der Waals surface area contributed by atoms with Gasteiger partial charge < -0.3 is 10.1 Å². The molecule has 0 spiro atoms. The maximum absolute atomic E-state index is 13.2. The summed E-state index contributed by atoms with van der Waals surface area (Å²) in [4.78, 5) is 12.2. The number of amides is 1. The molecule has 1 aromatic carbocycles. The molecule has 1 amide bonds. The van der Waals surface area contributed by atoms with Crippen molar-refractivity contribution in [3.05, 3.63) is 41.2 Å². The van der Waals surface area contributed by atoms with Crippen molar-refractivity contribution in [2.24, 2.45) is 0 Å². The van der Waals surface area contributed by atoms with E-state index >= 15 is 0 Å². The molecule has 0 fully saturated rings. The Balaban J connectivity index is 1.71.